The monoisotopic (exact) mass is 237 g/mol. The molecule has 0 aliphatic carbocycles. The van der Waals surface area contributed by atoms with E-state index in [1.165, 1.54) is 6.20 Å². The fourth-order valence-electron chi connectivity index (χ4n) is 1.25. The molecule has 0 radical (unpaired) electrons. The van der Waals surface area contributed by atoms with E-state index in [1.807, 2.05) is 0 Å². The lowest BCUT2D eigenvalue weighted by atomic mass is 10.3. The molecule has 2 N–H and O–H groups in total. The second kappa shape index (κ2) is 4.84. The Morgan fingerprint density at radius 2 is 2.06 bits per heavy atom. The van der Waals surface area contributed by atoms with Crippen LogP contribution in [0, 0.1) is 11.6 Å². The molecular formula is C11H9F2N3O. The topological polar surface area (TPSA) is 61.0 Å². The van der Waals surface area contributed by atoms with Gasteiger partial charge in [0.2, 0.25) is 5.88 Å². The molecule has 6 heteroatoms. The van der Waals surface area contributed by atoms with Crippen LogP contribution in [-0.2, 0) is 6.54 Å². The molecule has 0 atom stereocenters. The van der Waals surface area contributed by atoms with E-state index in [1.54, 1.807) is 6.07 Å². The zero-order valence-corrected chi connectivity index (χ0v) is 8.73. The summed E-state index contributed by atoms with van der Waals surface area (Å²) in [6, 6.07) is 4.51. The summed E-state index contributed by atoms with van der Waals surface area (Å²) >= 11 is 0. The maximum atomic E-state index is 13.3. The third-order valence-corrected chi connectivity index (χ3v) is 2.09. The van der Waals surface area contributed by atoms with Gasteiger partial charge in [0.05, 0.1) is 6.20 Å². The maximum absolute atomic E-state index is 13.3. The highest BCUT2D eigenvalue weighted by molar-refractivity contribution is 5.32. The van der Waals surface area contributed by atoms with E-state index in [0.29, 0.717) is 5.56 Å². The van der Waals surface area contributed by atoms with Gasteiger partial charge in [0.15, 0.2) is 11.6 Å². The van der Waals surface area contributed by atoms with Gasteiger partial charge < -0.3 is 10.5 Å². The van der Waals surface area contributed by atoms with E-state index >= 15 is 0 Å². The molecule has 0 bridgehead atoms. The molecule has 1 aromatic carbocycles. The highest BCUT2D eigenvalue weighted by atomic mass is 19.1. The van der Waals surface area contributed by atoms with Crippen LogP contribution >= 0.6 is 0 Å². The Labute approximate surface area is 96.0 Å². The van der Waals surface area contributed by atoms with Gasteiger partial charge in [-0.05, 0) is 18.2 Å². The Hall–Kier alpha value is -2.08. The normalized spacial score (nSPS) is 10.3. The number of aromatic nitrogens is 2. The standard InChI is InChI=1S/C11H9F2N3O/c12-8-1-2-9(13)10(5-8)17-11-7(6-14)3-4-15-16-11/h1-5H,6,14H2. The van der Waals surface area contributed by atoms with Crippen molar-refractivity contribution in [1.82, 2.24) is 10.2 Å². The molecule has 17 heavy (non-hydrogen) atoms. The smallest absolute Gasteiger partial charge is 0.243 e. The predicted octanol–water partition coefficient (Wildman–Crippen LogP) is 2.01. The molecule has 4 nitrogen and oxygen atoms in total. The Kier molecular flexibility index (Phi) is 3.24. The highest BCUT2D eigenvalue weighted by Crippen LogP contribution is 2.25. The summed E-state index contributed by atoms with van der Waals surface area (Å²) in [5.74, 6) is -1.46. The molecule has 88 valence electrons. The van der Waals surface area contributed by atoms with E-state index in [4.69, 9.17) is 10.5 Å². The molecule has 0 spiro atoms. The second-order valence-corrected chi connectivity index (χ2v) is 3.24. The van der Waals surface area contributed by atoms with Gasteiger partial charge in [-0.15, -0.1) is 5.10 Å². The van der Waals surface area contributed by atoms with E-state index < -0.39 is 11.6 Å². The van der Waals surface area contributed by atoms with Crippen molar-refractivity contribution in [3.63, 3.8) is 0 Å². The van der Waals surface area contributed by atoms with Gasteiger partial charge in [-0.1, -0.05) is 0 Å². The SMILES string of the molecule is NCc1ccnnc1Oc1cc(F)ccc1F. The second-order valence-electron chi connectivity index (χ2n) is 3.24. The first kappa shape index (κ1) is 11.4. The van der Waals surface area contributed by atoms with Gasteiger partial charge in [-0.2, -0.15) is 5.10 Å². The lowest BCUT2D eigenvalue weighted by Crippen LogP contribution is -2.02. The molecule has 0 fully saturated rings. The molecular weight excluding hydrogens is 228 g/mol. The maximum Gasteiger partial charge on any atom is 0.243 e. The Balaban J connectivity index is 2.34. The van der Waals surface area contributed by atoms with Gasteiger partial charge in [0, 0.05) is 18.2 Å². The van der Waals surface area contributed by atoms with Crippen molar-refractivity contribution in [2.45, 2.75) is 6.54 Å². The number of hydrogen-bond acceptors (Lipinski definition) is 4. The average Bonchev–Trinajstić information content (AvgIpc) is 2.34. The predicted molar refractivity (Wildman–Crippen MR) is 56.4 cm³/mol. The lowest BCUT2D eigenvalue weighted by molar-refractivity contribution is 0.412. The summed E-state index contributed by atoms with van der Waals surface area (Å²) < 4.78 is 31.4. The first-order valence-electron chi connectivity index (χ1n) is 4.84. The van der Waals surface area contributed by atoms with Crippen molar-refractivity contribution >= 4 is 0 Å². The minimum absolute atomic E-state index is 0.0690. The van der Waals surface area contributed by atoms with Gasteiger partial charge in [0.25, 0.3) is 0 Å². The van der Waals surface area contributed by atoms with Gasteiger partial charge >= 0.3 is 0 Å². The first-order chi connectivity index (χ1) is 8.20. The van der Waals surface area contributed by atoms with Crippen LogP contribution in [0.2, 0.25) is 0 Å². The third kappa shape index (κ3) is 2.54. The van der Waals surface area contributed by atoms with Gasteiger partial charge in [-0.25, -0.2) is 8.78 Å². The summed E-state index contributed by atoms with van der Waals surface area (Å²) in [6.07, 6.45) is 1.44. The quantitative estimate of drug-likeness (QED) is 0.886. The number of nitrogens with zero attached hydrogens (tertiary/aromatic N) is 2. The van der Waals surface area contributed by atoms with Crippen LogP contribution in [0.15, 0.2) is 30.5 Å². The summed E-state index contributed by atoms with van der Waals surface area (Å²) in [5.41, 5.74) is 6.02. The molecule has 1 aromatic heterocycles. The molecule has 0 saturated carbocycles. The number of ether oxygens (including phenoxy) is 1. The molecule has 2 rings (SSSR count). The molecule has 0 aliphatic rings. The van der Waals surface area contributed by atoms with Crippen LogP contribution in [0.3, 0.4) is 0 Å². The van der Waals surface area contributed by atoms with E-state index in [9.17, 15) is 8.78 Å². The van der Waals surface area contributed by atoms with E-state index in [0.717, 1.165) is 18.2 Å². The fraction of sp³-hybridized carbons (Fsp3) is 0.0909. The Morgan fingerprint density at radius 1 is 1.24 bits per heavy atom. The van der Waals surface area contributed by atoms with Crippen LogP contribution in [0.5, 0.6) is 11.6 Å². The van der Waals surface area contributed by atoms with Crippen LogP contribution in [0.1, 0.15) is 5.56 Å². The molecule has 0 unspecified atom stereocenters. The average molecular weight is 237 g/mol. The third-order valence-electron chi connectivity index (χ3n) is 2.09. The number of halogens is 2. The molecule has 0 aliphatic heterocycles. The van der Waals surface area contributed by atoms with Crippen molar-refractivity contribution < 1.29 is 13.5 Å². The van der Waals surface area contributed by atoms with E-state index in [2.05, 4.69) is 10.2 Å². The van der Waals surface area contributed by atoms with Crippen molar-refractivity contribution in [3.8, 4) is 11.6 Å². The minimum atomic E-state index is -0.681. The van der Waals surface area contributed by atoms with Gasteiger partial charge in [0.1, 0.15) is 5.82 Å². The van der Waals surface area contributed by atoms with Crippen molar-refractivity contribution in [2.24, 2.45) is 5.73 Å². The largest absolute Gasteiger partial charge is 0.434 e. The lowest BCUT2D eigenvalue weighted by Gasteiger charge is -2.08. The van der Waals surface area contributed by atoms with Crippen LogP contribution < -0.4 is 10.5 Å². The minimum Gasteiger partial charge on any atom is -0.434 e. The zero-order chi connectivity index (χ0) is 12.3. The first-order valence-corrected chi connectivity index (χ1v) is 4.84. The molecule has 0 saturated heterocycles. The Morgan fingerprint density at radius 3 is 2.82 bits per heavy atom. The van der Waals surface area contributed by atoms with Crippen molar-refractivity contribution in [1.29, 1.82) is 0 Å². The summed E-state index contributed by atoms with van der Waals surface area (Å²) in [4.78, 5) is 0. The zero-order valence-electron chi connectivity index (χ0n) is 8.73. The van der Waals surface area contributed by atoms with Crippen molar-refractivity contribution in [3.05, 3.63) is 47.7 Å². The molecule has 0 amide bonds. The molecule has 2 aromatic rings. The highest BCUT2D eigenvalue weighted by Gasteiger charge is 2.10. The summed E-state index contributed by atoms with van der Waals surface area (Å²) in [5, 5.41) is 7.27. The van der Waals surface area contributed by atoms with Crippen LogP contribution in [0.25, 0.3) is 0 Å². The number of hydrogen-bond donors (Lipinski definition) is 1. The van der Waals surface area contributed by atoms with Gasteiger partial charge in [-0.3, -0.25) is 0 Å². The number of rotatable bonds is 3. The molecule has 1 heterocycles. The fourth-order valence-corrected chi connectivity index (χ4v) is 1.25. The van der Waals surface area contributed by atoms with Crippen LogP contribution in [-0.4, -0.2) is 10.2 Å². The van der Waals surface area contributed by atoms with Crippen LogP contribution in [0.4, 0.5) is 8.78 Å². The Bertz CT molecular complexity index is 534. The van der Waals surface area contributed by atoms with Crippen molar-refractivity contribution in [2.75, 3.05) is 0 Å². The van der Waals surface area contributed by atoms with E-state index in [-0.39, 0.29) is 18.2 Å². The summed E-state index contributed by atoms with van der Waals surface area (Å²) in [7, 11) is 0. The number of benzene rings is 1. The number of nitrogens with two attached hydrogens (primary N) is 1. The summed E-state index contributed by atoms with van der Waals surface area (Å²) in [6.45, 7) is 0.168.